The maximum absolute atomic E-state index is 11.5. The van der Waals surface area contributed by atoms with Crippen molar-refractivity contribution in [2.24, 2.45) is 5.10 Å². The van der Waals surface area contributed by atoms with Gasteiger partial charge < -0.3 is 15.4 Å². The summed E-state index contributed by atoms with van der Waals surface area (Å²) < 4.78 is 3.75. The fourth-order valence-corrected chi connectivity index (χ4v) is 2.00. The zero-order valence-corrected chi connectivity index (χ0v) is 17.1. The second-order valence-corrected chi connectivity index (χ2v) is 7.68. The van der Waals surface area contributed by atoms with Gasteiger partial charge in [-0.15, -0.1) is 6.58 Å². The van der Waals surface area contributed by atoms with E-state index in [1.165, 1.54) is 0 Å². The Hall–Kier alpha value is -1.54. The third-order valence-electron chi connectivity index (χ3n) is 2.83. The van der Waals surface area contributed by atoms with Gasteiger partial charge in [0.05, 0.1) is 6.21 Å². The molecule has 1 aromatic carbocycles. The van der Waals surface area contributed by atoms with Gasteiger partial charge in [0, 0.05) is 13.0 Å². The number of benzene rings is 1. The lowest BCUT2D eigenvalue weighted by molar-refractivity contribution is -0.123. The van der Waals surface area contributed by atoms with Crippen molar-refractivity contribution in [1.29, 1.82) is 0 Å². The van der Waals surface area contributed by atoms with Crippen molar-refractivity contribution in [3.05, 3.63) is 42.5 Å². The normalized spacial score (nSPS) is 12.3. The molecule has 0 heterocycles. The van der Waals surface area contributed by atoms with Gasteiger partial charge in [0.2, 0.25) is 15.9 Å². The molecule has 0 saturated heterocycles. The van der Waals surface area contributed by atoms with Crippen LogP contribution in [0.4, 0.5) is 0 Å². The summed E-state index contributed by atoms with van der Waals surface area (Å²) in [5, 5.41) is 9.78. The van der Waals surface area contributed by atoms with Gasteiger partial charge in [-0.1, -0.05) is 47.8 Å². The highest BCUT2D eigenvalue weighted by molar-refractivity contribution is 7.80. The summed E-state index contributed by atoms with van der Waals surface area (Å²) in [6, 6.07) is 6.82. The molecular weight excluding hydrogens is 419 g/mol. The van der Waals surface area contributed by atoms with E-state index in [0.29, 0.717) is 17.4 Å². The van der Waals surface area contributed by atoms with E-state index in [9.17, 15) is 4.79 Å². The van der Waals surface area contributed by atoms with Crippen LogP contribution in [0.15, 0.2) is 42.0 Å². The zero-order valence-electron chi connectivity index (χ0n) is 14.0. The zero-order chi connectivity index (χ0) is 19.6. The first-order valence-electron chi connectivity index (χ1n) is 7.56. The molecule has 3 N–H and O–H groups in total. The van der Waals surface area contributed by atoms with Crippen LogP contribution in [0.1, 0.15) is 18.9 Å². The highest BCUT2D eigenvalue weighted by Gasteiger charge is 2.35. The second kappa shape index (κ2) is 11.2. The summed E-state index contributed by atoms with van der Waals surface area (Å²) in [5.74, 6) is 0.128. The van der Waals surface area contributed by atoms with Crippen molar-refractivity contribution in [2.45, 2.75) is 23.4 Å². The topological polar surface area (TPSA) is 74.8 Å². The van der Waals surface area contributed by atoms with Gasteiger partial charge in [-0.25, -0.2) is 0 Å². The molecule has 10 heteroatoms. The summed E-state index contributed by atoms with van der Waals surface area (Å²) in [7, 11) is 0. The van der Waals surface area contributed by atoms with E-state index in [4.69, 9.17) is 51.8 Å². The molecule has 1 amide bonds. The highest BCUT2D eigenvalue weighted by atomic mass is 35.6. The van der Waals surface area contributed by atoms with Gasteiger partial charge in [-0.3, -0.25) is 10.2 Å². The average molecular weight is 438 g/mol. The molecule has 0 aliphatic rings. The fraction of sp³-hybridized carbons (Fsp3) is 0.312. The standard InChI is InChI=1S/C16H19Cl3N4O2S/c1-3-9-20-15(26)23-21-10-11-5-7-12(8-6-11)25-14(16(17,18)19)22-13(24)4-2/h3,5-8,10,14H,1,4,9H2,2H3,(H,22,24)(H2,20,23,26). The first-order valence-corrected chi connectivity index (χ1v) is 9.11. The molecule has 0 aliphatic carbocycles. The summed E-state index contributed by atoms with van der Waals surface area (Å²) in [6.07, 6.45) is 2.39. The second-order valence-electron chi connectivity index (χ2n) is 4.90. The molecular formula is C16H19Cl3N4O2S. The summed E-state index contributed by atoms with van der Waals surface area (Å²) in [4.78, 5) is 11.5. The Balaban J connectivity index is 2.66. The summed E-state index contributed by atoms with van der Waals surface area (Å²) in [6.45, 7) is 5.81. The number of ether oxygens (including phenoxy) is 1. The van der Waals surface area contributed by atoms with Gasteiger partial charge >= 0.3 is 0 Å². The number of amides is 1. The molecule has 1 atom stereocenters. The minimum atomic E-state index is -1.82. The van der Waals surface area contributed by atoms with Crippen LogP contribution in [0.3, 0.4) is 0 Å². The lowest BCUT2D eigenvalue weighted by Crippen LogP contribution is -2.47. The van der Waals surface area contributed by atoms with E-state index in [1.54, 1.807) is 43.5 Å². The van der Waals surface area contributed by atoms with Crippen molar-refractivity contribution >= 4 is 64.3 Å². The smallest absolute Gasteiger partial charge is 0.246 e. The molecule has 0 spiro atoms. The predicted molar refractivity (Wildman–Crippen MR) is 111 cm³/mol. The highest BCUT2D eigenvalue weighted by Crippen LogP contribution is 2.32. The number of alkyl halides is 3. The number of halogens is 3. The molecule has 0 aliphatic heterocycles. The van der Waals surface area contributed by atoms with E-state index in [1.807, 2.05) is 0 Å². The van der Waals surface area contributed by atoms with Gasteiger partial charge in [0.15, 0.2) is 5.11 Å². The Bertz CT molecular complexity index is 648. The van der Waals surface area contributed by atoms with Crippen LogP contribution in [0.5, 0.6) is 5.75 Å². The number of carbonyl (C=O) groups excluding carboxylic acids is 1. The quantitative estimate of drug-likeness (QED) is 0.145. The van der Waals surface area contributed by atoms with Crippen molar-refractivity contribution in [2.75, 3.05) is 6.54 Å². The van der Waals surface area contributed by atoms with E-state index < -0.39 is 10.0 Å². The van der Waals surface area contributed by atoms with Crippen LogP contribution in [-0.4, -0.2) is 33.8 Å². The van der Waals surface area contributed by atoms with Gasteiger partial charge in [0.25, 0.3) is 0 Å². The molecule has 1 unspecified atom stereocenters. The molecule has 26 heavy (non-hydrogen) atoms. The molecule has 0 saturated carbocycles. The van der Waals surface area contributed by atoms with Crippen molar-refractivity contribution in [1.82, 2.24) is 16.1 Å². The van der Waals surface area contributed by atoms with Crippen LogP contribution >= 0.6 is 47.0 Å². The maximum Gasteiger partial charge on any atom is 0.246 e. The molecule has 0 aromatic heterocycles. The van der Waals surface area contributed by atoms with Crippen molar-refractivity contribution in [3.8, 4) is 5.75 Å². The molecule has 0 fully saturated rings. The maximum atomic E-state index is 11.5. The molecule has 1 rings (SSSR count). The fourth-order valence-electron chi connectivity index (χ4n) is 1.56. The monoisotopic (exact) mass is 436 g/mol. The Labute approximate surface area is 172 Å². The van der Waals surface area contributed by atoms with Crippen LogP contribution in [0.25, 0.3) is 0 Å². The third kappa shape index (κ3) is 8.71. The van der Waals surface area contributed by atoms with E-state index >= 15 is 0 Å². The summed E-state index contributed by atoms with van der Waals surface area (Å²) >= 11 is 22.6. The minimum Gasteiger partial charge on any atom is -0.466 e. The molecule has 6 nitrogen and oxygen atoms in total. The molecule has 142 valence electrons. The Morgan fingerprint density at radius 3 is 2.58 bits per heavy atom. The minimum absolute atomic E-state index is 0.243. The molecule has 1 aromatic rings. The number of hydrogen-bond acceptors (Lipinski definition) is 4. The first-order chi connectivity index (χ1) is 12.3. The van der Waals surface area contributed by atoms with Crippen LogP contribution in [0.2, 0.25) is 0 Å². The average Bonchev–Trinajstić information content (AvgIpc) is 2.59. The third-order valence-corrected chi connectivity index (χ3v) is 3.66. The van der Waals surface area contributed by atoms with Crippen LogP contribution in [-0.2, 0) is 4.79 Å². The number of rotatable bonds is 8. The van der Waals surface area contributed by atoms with E-state index in [2.05, 4.69) is 27.7 Å². The van der Waals surface area contributed by atoms with Gasteiger partial charge in [-0.05, 0) is 42.0 Å². The lowest BCUT2D eigenvalue weighted by Gasteiger charge is -2.26. The number of nitrogens with one attached hydrogen (secondary N) is 3. The van der Waals surface area contributed by atoms with Gasteiger partial charge in [0.1, 0.15) is 5.75 Å². The molecule has 0 radical (unpaired) electrons. The summed E-state index contributed by atoms with van der Waals surface area (Å²) in [5.41, 5.74) is 3.46. The van der Waals surface area contributed by atoms with E-state index in [0.717, 1.165) is 5.56 Å². The van der Waals surface area contributed by atoms with Crippen LogP contribution < -0.4 is 20.8 Å². The Morgan fingerprint density at radius 2 is 2.04 bits per heavy atom. The first kappa shape index (κ1) is 22.5. The van der Waals surface area contributed by atoms with Crippen molar-refractivity contribution < 1.29 is 9.53 Å². The number of hydrazone groups is 1. The number of nitrogens with zero attached hydrogens (tertiary/aromatic N) is 1. The number of carbonyl (C=O) groups is 1. The number of thiocarbonyl (C=S) groups is 1. The largest absolute Gasteiger partial charge is 0.466 e. The lowest BCUT2D eigenvalue weighted by atomic mass is 10.2. The van der Waals surface area contributed by atoms with Gasteiger partial charge in [-0.2, -0.15) is 5.10 Å². The predicted octanol–water partition coefficient (Wildman–Crippen LogP) is 3.27. The Morgan fingerprint density at radius 1 is 1.38 bits per heavy atom. The van der Waals surface area contributed by atoms with E-state index in [-0.39, 0.29) is 12.3 Å². The molecule has 0 bridgehead atoms. The van der Waals surface area contributed by atoms with Crippen LogP contribution in [0, 0.1) is 0 Å². The van der Waals surface area contributed by atoms with Crippen molar-refractivity contribution in [3.63, 3.8) is 0 Å². The SMILES string of the molecule is C=CCNC(=S)NN=Cc1ccc(OC(NC(=O)CC)C(Cl)(Cl)Cl)cc1. The number of hydrogen-bond donors (Lipinski definition) is 3. The Kier molecular flexibility index (Phi) is 9.72.